The van der Waals surface area contributed by atoms with Crippen molar-refractivity contribution in [1.29, 1.82) is 0 Å². The molecule has 2 N–H and O–H groups in total. The molecule has 20 heavy (non-hydrogen) atoms. The van der Waals surface area contributed by atoms with Crippen LogP contribution in [0.5, 0.6) is 0 Å². The van der Waals surface area contributed by atoms with E-state index in [1.807, 2.05) is 0 Å². The molecular formula is C14H12F2N2O2. The van der Waals surface area contributed by atoms with Crippen LogP contribution in [0.2, 0.25) is 0 Å². The Bertz CT molecular complexity index is 609. The lowest BCUT2D eigenvalue weighted by molar-refractivity contribution is -0.384. The van der Waals surface area contributed by atoms with E-state index in [-0.39, 0.29) is 17.7 Å². The van der Waals surface area contributed by atoms with Gasteiger partial charge in [0.25, 0.3) is 5.69 Å². The molecule has 0 aliphatic carbocycles. The molecule has 104 valence electrons. The van der Waals surface area contributed by atoms with E-state index in [1.54, 1.807) is 0 Å². The van der Waals surface area contributed by atoms with Crippen LogP contribution in [0.4, 0.5) is 14.5 Å². The average molecular weight is 278 g/mol. The second kappa shape index (κ2) is 5.75. The predicted molar refractivity (Wildman–Crippen MR) is 70.1 cm³/mol. The molecule has 2 aromatic rings. The largest absolute Gasteiger partial charge is 0.323 e. The minimum Gasteiger partial charge on any atom is -0.323 e. The van der Waals surface area contributed by atoms with Crippen molar-refractivity contribution in [1.82, 2.24) is 0 Å². The second-order valence-corrected chi connectivity index (χ2v) is 4.37. The number of rotatable bonds is 4. The number of non-ortho nitro benzene ring substituents is 1. The topological polar surface area (TPSA) is 69.2 Å². The molecule has 2 aromatic carbocycles. The maximum absolute atomic E-state index is 13.6. The van der Waals surface area contributed by atoms with Gasteiger partial charge in [0.15, 0.2) is 0 Å². The van der Waals surface area contributed by atoms with E-state index >= 15 is 0 Å². The van der Waals surface area contributed by atoms with Gasteiger partial charge in [-0.3, -0.25) is 10.1 Å². The van der Waals surface area contributed by atoms with Crippen molar-refractivity contribution in [2.45, 2.75) is 12.5 Å². The van der Waals surface area contributed by atoms with Crippen LogP contribution >= 0.6 is 0 Å². The second-order valence-electron chi connectivity index (χ2n) is 4.37. The fraction of sp³-hybridized carbons (Fsp3) is 0.143. The van der Waals surface area contributed by atoms with Crippen molar-refractivity contribution in [2.75, 3.05) is 0 Å². The van der Waals surface area contributed by atoms with Crippen LogP contribution in [-0.2, 0) is 6.42 Å². The summed E-state index contributed by atoms with van der Waals surface area (Å²) in [5.74, 6) is -1.39. The third-order valence-electron chi connectivity index (χ3n) is 2.97. The number of benzene rings is 2. The molecule has 1 unspecified atom stereocenters. The van der Waals surface area contributed by atoms with E-state index in [0.29, 0.717) is 5.56 Å². The normalized spacial score (nSPS) is 12.2. The molecular weight excluding hydrogens is 266 g/mol. The number of hydrogen-bond donors (Lipinski definition) is 1. The molecule has 0 spiro atoms. The molecule has 1 atom stereocenters. The summed E-state index contributed by atoms with van der Waals surface area (Å²) in [6.07, 6.45) is 0.190. The number of hydrogen-bond acceptors (Lipinski definition) is 3. The van der Waals surface area contributed by atoms with E-state index in [0.717, 1.165) is 12.1 Å². The molecule has 4 nitrogen and oxygen atoms in total. The fourth-order valence-electron chi connectivity index (χ4n) is 1.97. The first-order valence-electron chi connectivity index (χ1n) is 5.92. The summed E-state index contributed by atoms with van der Waals surface area (Å²) < 4.78 is 27.1. The first-order chi connectivity index (χ1) is 9.49. The molecule has 0 aromatic heterocycles. The lowest BCUT2D eigenvalue weighted by Gasteiger charge is -2.13. The number of nitrogens with zero attached hydrogens (tertiary/aromatic N) is 1. The summed E-state index contributed by atoms with van der Waals surface area (Å²) in [6, 6.07) is 8.43. The first-order valence-corrected chi connectivity index (χ1v) is 5.92. The minimum atomic E-state index is -0.849. The Morgan fingerprint density at radius 1 is 1.10 bits per heavy atom. The molecule has 0 saturated heterocycles. The molecule has 0 heterocycles. The minimum absolute atomic E-state index is 0.0422. The van der Waals surface area contributed by atoms with E-state index in [1.165, 1.54) is 30.3 Å². The maximum Gasteiger partial charge on any atom is 0.269 e. The Labute approximate surface area is 114 Å². The van der Waals surface area contributed by atoms with Gasteiger partial charge in [-0.25, -0.2) is 8.78 Å². The Morgan fingerprint density at radius 2 is 1.65 bits per heavy atom. The van der Waals surface area contributed by atoms with Crippen LogP contribution in [0.1, 0.15) is 17.2 Å². The molecule has 0 bridgehead atoms. The Kier molecular flexibility index (Phi) is 4.05. The van der Waals surface area contributed by atoms with Gasteiger partial charge >= 0.3 is 0 Å². The van der Waals surface area contributed by atoms with Crippen LogP contribution in [0.3, 0.4) is 0 Å². The number of nitro benzene ring substituents is 1. The SMILES string of the molecule is NC(Cc1ccc([N+](=O)[O-])cc1)c1c(F)cccc1F. The average Bonchev–Trinajstić information content (AvgIpc) is 2.39. The summed E-state index contributed by atoms with van der Waals surface area (Å²) in [7, 11) is 0. The van der Waals surface area contributed by atoms with E-state index in [9.17, 15) is 18.9 Å². The number of nitro groups is 1. The van der Waals surface area contributed by atoms with Gasteiger partial charge in [0.2, 0.25) is 0 Å². The van der Waals surface area contributed by atoms with Crippen LogP contribution < -0.4 is 5.73 Å². The van der Waals surface area contributed by atoms with Crippen LogP contribution in [0.25, 0.3) is 0 Å². The van der Waals surface area contributed by atoms with E-state index < -0.39 is 22.6 Å². The predicted octanol–water partition coefficient (Wildman–Crippen LogP) is 3.12. The fourth-order valence-corrected chi connectivity index (χ4v) is 1.97. The van der Waals surface area contributed by atoms with E-state index in [4.69, 9.17) is 5.73 Å². The maximum atomic E-state index is 13.6. The van der Waals surface area contributed by atoms with Crippen molar-refractivity contribution >= 4 is 5.69 Å². The Balaban J connectivity index is 2.19. The summed E-state index contributed by atoms with van der Waals surface area (Å²) in [4.78, 5) is 10.0. The molecule has 6 heteroatoms. The van der Waals surface area contributed by atoms with Crippen molar-refractivity contribution in [3.8, 4) is 0 Å². The van der Waals surface area contributed by atoms with Gasteiger partial charge in [-0.05, 0) is 24.1 Å². The summed E-state index contributed by atoms with van der Waals surface area (Å²) >= 11 is 0. The number of nitrogens with two attached hydrogens (primary N) is 1. The molecule has 0 radical (unpaired) electrons. The van der Waals surface area contributed by atoms with Crippen molar-refractivity contribution < 1.29 is 13.7 Å². The zero-order valence-electron chi connectivity index (χ0n) is 10.4. The van der Waals surface area contributed by atoms with Gasteiger partial charge in [0, 0.05) is 23.7 Å². The quantitative estimate of drug-likeness (QED) is 0.690. The van der Waals surface area contributed by atoms with Gasteiger partial charge in [0.05, 0.1) is 4.92 Å². The lowest BCUT2D eigenvalue weighted by atomic mass is 9.98. The molecule has 2 rings (SSSR count). The highest BCUT2D eigenvalue weighted by molar-refractivity contribution is 5.34. The Morgan fingerprint density at radius 3 is 2.15 bits per heavy atom. The third-order valence-corrected chi connectivity index (χ3v) is 2.97. The summed E-state index contributed by atoms with van der Waals surface area (Å²) in [5, 5.41) is 10.5. The van der Waals surface area contributed by atoms with Gasteiger partial charge in [-0.1, -0.05) is 18.2 Å². The summed E-state index contributed by atoms with van der Waals surface area (Å²) in [5.41, 5.74) is 6.27. The smallest absolute Gasteiger partial charge is 0.269 e. The van der Waals surface area contributed by atoms with Gasteiger partial charge in [-0.2, -0.15) is 0 Å². The lowest BCUT2D eigenvalue weighted by Crippen LogP contribution is -2.16. The molecule has 0 aliphatic rings. The van der Waals surface area contributed by atoms with Crippen LogP contribution in [-0.4, -0.2) is 4.92 Å². The highest BCUT2D eigenvalue weighted by atomic mass is 19.1. The van der Waals surface area contributed by atoms with Crippen LogP contribution in [0.15, 0.2) is 42.5 Å². The van der Waals surface area contributed by atoms with Gasteiger partial charge in [0.1, 0.15) is 11.6 Å². The van der Waals surface area contributed by atoms with Crippen molar-refractivity contribution in [2.24, 2.45) is 5.73 Å². The molecule has 0 amide bonds. The number of halogens is 2. The highest BCUT2D eigenvalue weighted by Crippen LogP contribution is 2.23. The first kappa shape index (κ1) is 14.1. The standard InChI is InChI=1S/C14H12F2N2O2/c15-11-2-1-3-12(16)14(11)13(17)8-9-4-6-10(7-5-9)18(19)20/h1-7,13H,8,17H2. The zero-order valence-corrected chi connectivity index (χ0v) is 10.4. The summed E-state index contributed by atoms with van der Waals surface area (Å²) in [6.45, 7) is 0. The van der Waals surface area contributed by atoms with Crippen LogP contribution in [0, 0.1) is 21.7 Å². The zero-order chi connectivity index (χ0) is 14.7. The van der Waals surface area contributed by atoms with Gasteiger partial charge < -0.3 is 5.73 Å². The molecule has 0 aliphatic heterocycles. The van der Waals surface area contributed by atoms with E-state index in [2.05, 4.69) is 0 Å². The third kappa shape index (κ3) is 2.97. The highest BCUT2D eigenvalue weighted by Gasteiger charge is 2.17. The van der Waals surface area contributed by atoms with Crippen molar-refractivity contribution in [3.05, 3.63) is 75.3 Å². The van der Waals surface area contributed by atoms with Crippen molar-refractivity contribution in [3.63, 3.8) is 0 Å². The molecule has 0 fully saturated rings. The Hall–Kier alpha value is -2.34. The van der Waals surface area contributed by atoms with Gasteiger partial charge in [-0.15, -0.1) is 0 Å². The monoisotopic (exact) mass is 278 g/mol. The molecule has 0 saturated carbocycles.